The van der Waals surface area contributed by atoms with Crippen molar-refractivity contribution in [1.29, 1.82) is 0 Å². The zero-order chi connectivity index (χ0) is 15.6. The molecule has 1 amide bonds. The third-order valence-corrected chi connectivity index (χ3v) is 6.41. The highest BCUT2D eigenvalue weighted by Gasteiger charge is 2.50. The molecule has 0 spiro atoms. The Bertz CT molecular complexity index is 374. The Labute approximate surface area is 134 Å². The van der Waals surface area contributed by atoms with Gasteiger partial charge in [-0.25, -0.2) is 0 Å². The van der Waals surface area contributed by atoms with Gasteiger partial charge < -0.3 is 4.90 Å². The normalized spacial score (nSPS) is 37.5. The number of thioether (sulfide) groups is 1. The van der Waals surface area contributed by atoms with Gasteiger partial charge in [0.15, 0.2) is 0 Å². The quantitative estimate of drug-likeness (QED) is 0.841. The fourth-order valence-electron chi connectivity index (χ4n) is 3.85. The van der Waals surface area contributed by atoms with Crippen molar-refractivity contribution in [2.75, 3.05) is 6.26 Å². The summed E-state index contributed by atoms with van der Waals surface area (Å²) in [5, 5.41) is 4.27. The molecule has 1 aliphatic heterocycles. The van der Waals surface area contributed by atoms with Crippen LogP contribution in [-0.4, -0.2) is 40.1 Å². The summed E-state index contributed by atoms with van der Waals surface area (Å²) >= 11 is 1.95. The van der Waals surface area contributed by atoms with Gasteiger partial charge in [-0.2, -0.15) is 11.8 Å². The molecular weight excluding hydrogens is 280 g/mol. The molecule has 2 rings (SSSR count). The first-order valence-electron chi connectivity index (χ1n) is 8.56. The SMILES string of the molecule is CCC1(C)NC(CC(C)C)N(C2CCCCC2SC)C1=O. The molecule has 1 saturated heterocycles. The van der Waals surface area contributed by atoms with E-state index in [2.05, 4.69) is 44.2 Å². The van der Waals surface area contributed by atoms with Crippen LogP contribution in [0.15, 0.2) is 0 Å². The maximum atomic E-state index is 13.1. The van der Waals surface area contributed by atoms with E-state index in [-0.39, 0.29) is 11.7 Å². The predicted octanol–water partition coefficient (Wildman–Crippen LogP) is 3.63. The Morgan fingerprint density at radius 2 is 2.05 bits per heavy atom. The molecule has 2 fully saturated rings. The lowest BCUT2D eigenvalue weighted by molar-refractivity contribution is -0.135. The van der Waals surface area contributed by atoms with E-state index in [1.807, 2.05) is 11.8 Å². The highest BCUT2D eigenvalue weighted by Crippen LogP contribution is 2.37. The van der Waals surface area contributed by atoms with Gasteiger partial charge in [0.25, 0.3) is 0 Å². The molecular formula is C17H32N2OS. The first-order chi connectivity index (χ1) is 9.92. The molecule has 3 nitrogen and oxygen atoms in total. The molecule has 1 heterocycles. The van der Waals surface area contributed by atoms with Crippen molar-refractivity contribution in [1.82, 2.24) is 10.2 Å². The number of carbonyl (C=O) groups is 1. The number of nitrogens with one attached hydrogen (secondary N) is 1. The molecule has 21 heavy (non-hydrogen) atoms. The second kappa shape index (κ2) is 6.91. The first kappa shape index (κ1) is 17.1. The van der Waals surface area contributed by atoms with Crippen LogP contribution in [0.5, 0.6) is 0 Å². The maximum Gasteiger partial charge on any atom is 0.244 e. The van der Waals surface area contributed by atoms with Gasteiger partial charge in [-0.15, -0.1) is 0 Å². The lowest BCUT2D eigenvalue weighted by Crippen LogP contribution is -2.51. The van der Waals surface area contributed by atoms with Crippen LogP contribution in [0, 0.1) is 5.92 Å². The molecule has 0 bridgehead atoms. The summed E-state index contributed by atoms with van der Waals surface area (Å²) in [6, 6.07) is 0.422. The molecule has 122 valence electrons. The van der Waals surface area contributed by atoms with E-state index in [1.165, 1.54) is 25.7 Å². The van der Waals surface area contributed by atoms with Crippen molar-refractivity contribution >= 4 is 17.7 Å². The smallest absolute Gasteiger partial charge is 0.244 e. The fraction of sp³-hybridized carbons (Fsp3) is 0.941. The summed E-state index contributed by atoms with van der Waals surface area (Å²) in [5.41, 5.74) is -0.361. The molecule has 0 aromatic rings. The van der Waals surface area contributed by atoms with Crippen LogP contribution in [0.3, 0.4) is 0 Å². The van der Waals surface area contributed by atoms with Crippen LogP contribution in [0.4, 0.5) is 0 Å². The van der Waals surface area contributed by atoms with Crippen molar-refractivity contribution in [3.8, 4) is 0 Å². The number of carbonyl (C=O) groups excluding carboxylic acids is 1. The zero-order valence-electron chi connectivity index (χ0n) is 14.3. The summed E-state index contributed by atoms with van der Waals surface area (Å²) in [7, 11) is 0. The van der Waals surface area contributed by atoms with Gasteiger partial charge in [0.2, 0.25) is 5.91 Å². The second-order valence-corrected chi connectivity index (χ2v) is 8.39. The average molecular weight is 313 g/mol. The number of hydrogen-bond acceptors (Lipinski definition) is 3. The second-order valence-electron chi connectivity index (χ2n) is 7.31. The minimum atomic E-state index is -0.361. The molecule has 0 aromatic heterocycles. The van der Waals surface area contributed by atoms with E-state index in [4.69, 9.17) is 0 Å². The van der Waals surface area contributed by atoms with E-state index in [0.717, 1.165) is 12.8 Å². The van der Waals surface area contributed by atoms with Crippen molar-refractivity contribution < 1.29 is 4.79 Å². The largest absolute Gasteiger partial charge is 0.321 e. The summed E-state index contributed by atoms with van der Waals surface area (Å²) in [6.07, 6.45) is 9.36. The molecule has 0 radical (unpaired) electrons. The van der Waals surface area contributed by atoms with Crippen molar-refractivity contribution in [2.45, 2.75) is 89.2 Å². The van der Waals surface area contributed by atoms with Crippen LogP contribution < -0.4 is 5.32 Å². The Hall–Kier alpha value is -0.220. The van der Waals surface area contributed by atoms with Gasteiger partial charge in [0.05, 0.1) is 11.7 Å². The standard InChI is InChI=1S/C17H32N2OS/c1-6-17(4)16(20)19(15(18-17)11-12(2)3)13-9-7-8-10-14(13)21-5/h12-15,18H,6-11H2,1-5H3. The molecule has 4 unspecified atom stereocenters. The Morgan fingerprint density at radius 1 is 1.38 bits per heavy atom. The molecule has 0 aromatic carbocycles. The van der Waals surface area contributed by atoms with Crippen molar-refractivity contribution in [3.05, 3.63) is 0 Å². The number of amides is 1. The Morgan fingerprint density at radius 3 is 2.62 bits per heavy atom. The highest BCUT2D eigenvalue weighted by molar-refractivity contribution is 7.99. The van der Waals surface area contributed by atoms with Gasteiger partial charge >= 0.3 is 0 Å². The topological polar surface area (TPSA) is 32.3 Å². The number of rotatable bonds is 5. The third kappa shape index (κ3) is 3.42. The summed E-state index contributed by atoms with van der Waals surface area (Å²) in [5.74, 6) is 0.940. The van der Waals surface area contributed by atoms with Crippen LogP contribution in [-0.2, 0) is 4.79 Å². The molecule has 2 aliphatic rings. The van der Waals surface area contributed by atoms with E-state index in [0.29, 0.717) is 23.1 Å². The predicted molar refractivity (Wildman–Crippen MR) is 91.5 cm³/mol. The molecule has 4 heteroatoms. The Balaban J connectivity index is 2.25. The summed E-state index contributed by atoms with van der Waals surface area (Å²) < 4.78 is 0. The average Bonchev–Trinajstić information content (AvgIpc) is 2.70. The maximum absolute atomic E-state index is 13.1. The molecule has 1 N–H and O–H groups in total. The first-order valence-corrected chi connectivity index (χ1v) is 9.85. The molecule has 1 saturated carbocycles. The van der Waals surface area contributed by atoms with Gasteiger partial charge in [0, 0.05) is 11.3 Å². The van der Waals surface area contributed by atoms with Gasteiger partial charge in [-0.3, -0.25) is 10.1 Å². The Kier molecular flexibility index (Phi) is 5.64. The van der Waals surface area contributed by atoms with Gasteiger partial charge in [-0.05, 0) is 44.8 Å². The van der Waals surface area contributed by atoms with Gasteiger partial charge in [0.1, 0.15) is 0 Å². The molecule has 4 atom stereocenters. The van der Waals surface area contributed by atoms with Gasteiger partial charge in [-0.1, -0.05) is 33.6 Å². The fourth-order valence-corrected chi connectivity index (χ4v) is 4.83. The minimum Gasteiger partial charge on any atom is -0.321 e. The highest BCUT2D eigenvalue weighted by atomic mass is 32.2. The third-order valence-electron chi connectivity index (χ3n) is 5.26. The molecule has 1 aliphatic carbocycles. The lowest BCUT2D eigenvalue weighted by atomic mass is 9.91. The van der Waals surface area contributed by atoms with Crippen LogP contribution >= 0.6 is 11.8 Å². The van der Waals surface area contributed by atoms with Crippen LogP contribution in [0.25, 0.3) is 0 Å². The lowest BCUT2D eigenvalue weighted by Gasteiger charge is -2.40. The zero-order valence-corrected chi connectivity index (χ0v) is 15.1. The van der Waals surface area contributed by atoms with E-state index >= 15 is 0 Å². The van der Waals surface area contributed by atoms with Crippen LogP contribution in [0.1, 0.15) is 66.2 Å². The van der Waals surface area contributed by atoms with E-state index in [1.54, 1.807) is 0 Å². The summed E-state index contributed by atoms with van der Waals surface area (Å²) in [4.78, 5) is 15.3. The van der Waals surface area contributed by atoms with E-state index < -0.39 is 0 Å². The van der Waals surface area contributed by atoms with Crippen LogP contribution in [0.2, 0.25) is 0 Å². The minimum absolute atomic E-state index is 0.222. The van der Waals surface area contributed by atoms with Crippen molar-refractivity contribution in [3.63, 3.8) is 0 Å². The number of nitrogens with zero attached hydrogens (tertiary/aromatic N) is 1. The van der Waals surface area contributed by atoms with Crippen molar-refractivity contribution in [2.24, 2.45) is 5.92 Å². The summed E-state index contributed by atoms with van der Waals surface area (Å²) in [6.45, 7) is 8.70. The monoisotopic (exact) mass is 312 g/mol. The van der Waals surface area contributed by atoms with E-state index in [9.17, 15) is 4.79 Å². The number of hydrogen-bond donors (Lipinski definition) is 1.